The second-order valence-electron chi connectivity index (χ2n) is 5.41. The van der Waals surface area contributed by atoms with Crippen molar-refractivity contribution >= 4 is 5.91 Å². The Kier molecular flexibility index (Phi) is 4.35. The summed E-state index contributed by atoms with van der Waals surface area (Å²) in [4.78, 5) is 13.4. The monoisotopic (exact) mass is 279 g/mol. The molecule has 4 nitrogen and oxygen atoms in total. The first-order valence-electron chi connectivity index (χ1n) is 6.72. The van der Waals surface area contributed by atoms with Crippen LogP contribution in [-0.2, 0) is 4.79 Å². The SMILES string of the molecule is NC(=O)C1CNCCN1C1CCC(C(F)(F)F)CC1. The van der Waals surface area contributed by atoms with E-state index in [0.29, 0.717) is 25.9 Å². The summed E-state index contributed by atoms with van der Waals surface area (Å²) in [5.74, 6) is -1.58. The summed E-state index contributed by atoms with van der Waals surface area (Å²) in [6.45, 7) is 1.92. The summed E-state index contributed by atoms with van der Waals surface area (Å²) in [6, 6.07) is -0.334. The summed E-state index contributed by atoms with van der Waals surface area (Å²) in [7, 11) is 0. The van der Waals surface area contributed by atoms with Crippen molar-refractivity contribution in [3.8, 4) is 0 Å². The van der Waals surface area contributed by atoms with Crippen molar-refractivity contribution in [1.29, 1.82) is 0 Å². The van der Waals surface area contributed by atoms with Gasteiger partial charge in [0.2, 0.25) is 5.91 Å². The minimum atomic E-state index is -4.09. The Morgan fingerprint density at radius 3 is 2.37 bits per heavy atom. The van der Waals surface area contributed by atoms with Gasteiger partial charge in [-0.1, -0.05) is 0 Å². The van der Waals surface area contributed by atoms with E-state index in [1.807, 2.05) is 4.90 Å². The molecule has 1 saturated carbocycles. The number of nitrogens with two attached hydrogens (primary N) is 1. The maximum absolute atomic E-state index is 12.6. The topological polar surface area (TPSA) is 58.4 Å². The molecule has 3 N–H and O–H groups in total. The normalized spacial score (nSPS) is 34.2. The number of nitrogens with one attached hydrogen (secondary N) is 1. The van der Waals surface area contributed by atoms with Crippen LogP contribution in [0, 0.1) is 5.92 Å². The van der Waals surface area contributed by atoms with E-state index in [2.05, 4.69) is 5.32 Å². The lowest BCUT2D eigenvalue weighted by molar-refractivity contribution is -0.185. The molecular weight excluding hydrogens is 259 g/mol. The van der Waals surface area contributed by atoms with Crippen LogP contribution in [0.4, 0.5) is 13.2 Å². The molecule has 19 heavy (non-hydrogen) atoms. The number of rotatable bonds is 2. The molecule has 1 aliphatic heterocycles. The fraction of sp³-hybridized carbons (Fsp3) is 0.917. The van der Waals surface area contributed by atoms with Crippen LogP contribution in [0.2, 0.25) is 0 Å². The highest BCUT2D eigenvalue weighted by atomic mass is 19.4. The van der Waals surface area contributed by atoms with Gasteiger partial charge >= 0.3 is 6.18 Å². The summed E-state index contributed by atoms with van der Waals surface area (Å²) in [5.41, 5.74) is 5.36. The molecule has 1 saturated heterocycles. The van der Waals surface area contributed by atoms with Crippen LogP contribution in [0.5, 0.6) is 0 Å². The van der Waals surface area contributed by atoms with Gasteiger partial charge < -0.3 is 11.1 Å². The number of alkyl halides is 3. The van der Waals surface area contributed by atoms with Crippen molar-refractivity contribution < 1.29 is 18.0 Å². The standard InChI is InChI=1S/C12H20F3N3O/c13-12(14,15)8-1-3-9(4-2-8)18-6-5-17-7-10(18)11(16)19/h8-10,17H,1-7H2,(H2,16,19). The largest absolute Gasteiger partial charge is 0.391 e. The molecule has 0 aromatic rings. The Bertz CT molecular complexity index is 327. The number of amides is 1. The van der Waals surface area contributed by atoms with Gasteiger partial charge in [0.05, 0.1) is 5.92 Å². The molecule has 7 heteroatoms. The summed E-state index contributed by atoms with van der Waals surface area (Å²) < 4.78 is 37.9. The molecule has 0 aromatic carbocycles. The molecule has 0 spiro atoms. The zero-order chi connectivity index (χ0) is 14.0. The Morgan fingerprint density at radius 2 is 1.84 bits per heavy atom. The minimum Gasteiger partial charge on any atom is -0.368 e. The van der Waals surface area contributed by atoms with Crippen LogP contribution in [0.15, 0.2) is 0 Å². The number of carbonyl (C=O) groups is 1. The molecule has 2 rings (SSSR count). The van der Waals surface area contributed by atoms with Crippen LogP contribution in [-0.4, -0.2) is 48.7 Å². The number of hydrogen-bond acceptors (Lipinski definition) is 3. The molecule has 1 heterocycles. The molecule has 0 radical (unpaired) electrons. The molecule has 1 unspecified atom stereocenters. The van der Waals surface area contributed by atoms with Gasteiger partial charge in [-0.3, -0.25) is 9.69 Å². The maximum Gasteiger partial charge on any atom is 0.391 e. The maximum atomic E-state index is 12.6. The van der Waals surface area contributed by atoms with E-state index in [-0.39, 0.29) is 24.9 Å². The third-order valence-corrected chi connectivity index (χ3v) is 4.24. The fourth-order valence-corrected chi connectivity index (χ4v) is 3.16. The summed E-state index contributed by atoms with van der Waals surface area (Å²) >= 11 is 0. The van der Waals surface area contributed by atoms with Gasteiger partial charge in [0.25, 0.3) is 0 Å². The number of nitrogens with zero attached hydrogens (tertiary/aromatic N) is 1. The van der Waals surface area contributed by atoms with Crippen molar-refractivity contribution in [2.24, 2.45) is 11.7 Å². The number of halogens is 3. The van der Waals surface area contributed by atoms with Gasteiger partial charge in [-0.2, -0.15) is 13.2 Å². The van der Waals surface area contributed by atoms with Gasteiger partial charge in [0, 0.05) is 25.7 Å². The summed E-state index contributed by atoms with van der Waals surface area (Å²) in [5, 5.41) is 3.10. The van der Waals surface area contributed by atoms with E-state index < -0.39 is 18.0 Å². The quantitative estimate of drug-likeness (QED) is 0.788. The Morgan fingerprint density at radius 1 is 1.21 bits per heavy atom. The number of primary amides is 1. The van der Waals surface area contributed by atoms with Crippen molar-refractivity contribution in [2.75, 3.05) is 19.6 Å². The van der Waals surface area contributed by atoms with E-state index in [4.69, 9.17) is 5.73 Å². The molecule has 2 aliphatic rings. The molecule has 1 amide bonds. The second kappa shape index (κ2) is 5.66. The highest BCUT2D eigenvalue weighted by Crippen LogP contribution is 2.39. The lowest BCUT2D eigenvalue weighted by Crippen LogP contribution is -2.60. The first kappa shape index (κ1) is 14.6. The van der Waals surface area contributed by atoms with Crippen molar-refractivity contribution in [3.63, 3.8) is 0 Å². The lowest BCUT2D eigenvalue weighted by atomic mass is 9.84. The lowest BCUT2D eigenvalue weighted by Gasteiger charge is -2.43. The third kappa shape index (κ3) is 3.39. The van der Waals surface area contributed by atoms with Crippen LogP contribution < -0.4 is 11.1 Å². The first-order valence-corrected chi connectivity index (χ1v) is 6.72. The highest BCUT2D eigenvalue weighted by molar-refractivity contribution is 5.80. The van der Waals surface area contributed by atoms with E-state index in [1.54, 1.807) is 0 Å². The molecule has 1 aliphatic carbocycles. The predicted molar refractivity (Wildman–Crippen MR) is 64.4 cm³/mol. The van der Waals surface area contributed by atoms with Crippen LogP contribution in [0.25, 0.3) is 0 Å². The van der Waals surface area contributed by atoms with Gasteiger partial charge in [-0.15, -0.1) is 0 Å². The van der Waals surface area contributed by atoms with E-state index in [1.165, 1.54) is 0 Å². The average Bonchev–Trinajstić information content (AvgIpc) is 2.38. The summed E-state index contributed by atoms with van der Waals surface area (Å²) in [6.07, 6.45) is -2.79. The van der Waals surface area contributed by atoms with Crippen molar-refractivity contribution in [2.45, 2.75) is 43.9 Å². The fourth-order valence-electron chi connectivity index (χ4n) is 3.16. The minimum absolute atomic E-state index is 0.0539. The van der Waals surface area contributed by atoms with E-state index in [0.717, 1.165) is 6.54 Å². The molecular formula is C12H20F3N3O. The number of piperazine rings is 1. The highest BCUT2D eigenvalue weighted by Gasteiger charge is 2.43. The molecule has 0 bridgehead atoms. The predicted octanol–water partition coefficient (Wildman–Crippen LogP) is 0.867. The van der Waals surface area contributed by atoms with Crippen LogP contribution in [0.3, 0.4) is 0 Å². The molecule has 0 aromatic heterocycles. The average molecular weight is 279 g/mol. The Balaban J connectivity index is 1.94. The second-order valence-corrected chi connectivity index (χ2v) is 5.41. The molecule has 110 valence electrons. The first-order chi connectivity index (χ1) is 8.89. The zero-order valence-electron chi connectivity index (χ0n) is 10.7. The van der Waals surface area contributed by atoms with Crippen LogP contribution in [0.1, 0.15) is 25.7 Å². The number of carbonyl (C=O) groups excluding carboxylic acids is 1. The van der Waals surface area contributed by atoms with Crippen molar-refractivity contribution in [1.82, 2.24) is 10.2 Å². The van der Waals surface area contributed by atoms with Crippen LogP contribution >= 0.6 is 0 Å². The van der Waals surface area contributed by atoms with Gasteiger partial charge in [0.15, 0.2) is 0 Å². The number of hydrogen-bond donors (Lipinski definition) is 2. The van der Waals surface area contributed by atoms with Gasteiger partial charge in [-0.25, -0.2) is 0 Å². The molecule has 2 fully saturated rings. The van der Waals surface area contributed by atoms with Gasteiger partial charge in [-0.05, 0) is 25.7 Å². The Labute approximate surface area is 110 Å². The third-order valence-electron chi connectivity index (χ3n) is 4.24. The van der Waals surface area contributed by atoms with E-state index in [9.17, 15) is 18.0 Å². The smallest absolute Gasteiger partial charge is 0.368 e. The molecule has 1 atom stereocenters. The van der Waals surface area contributed by atoms with Gasteiger partial charge in [0.1, 0.15) is 6.04 Å². The van der Waals surface area contributed by atoms with E-state index >= 15 is 0 Å². The Hall–Kier alpha value is -0.820. The van der Waals surface area contributed by atoms with Crippen molar-refractivity contribution in [3.05, 3.63) is 0 Å². The zero-order valence-corrected chi connectivity index (χ0v) is 10.7.